The van der Waals surface area contributed by atoms with Crippen LogP contribution < -0.4 is 0 Å². The van der Waals surface area contributed by atoms with E-state index in [0.29, 0.717) is 145 Å². The van der Waals surface area contributed by atoms with Gasteiger partial charge in [-0.2, -0.15) is 0 Å². The molecule has 260 valence electrons. The normalized spacial score (nSPS) is 12.0. The summed E-state index contributed by atoms with van der Waals surface area (Å²) in [6.45, 7) is 10.4. The maximum Gasteiger partial charge on any atom is 0.327 e. The van der Waals surface area contributed by atoms with Crippen molar-refractivity contribution in [3.63, 3.8) is 0 Å². The van der Waals surface area contributed by atoms with Gasteiger partial charge in [0, 0.05) is 0 Å². The summed E-state index contributed by atoms with van der Waals surface area (Å²) in [5, 5.41) is 8.56. The molecule has 3 N–H and O–H groups in total. The Hall–Kier alpha value is -0.370. The van der Waals surface area contributed by atoms with E-state index in [4.69, 9.17) is 71.7 Å². The number of rotatable bonds is 38. The zero-order valence-corrected chi connectivity index (χ0v) is 26.4. The van der Waals surface area contributed by atoms with Gasteiger partial charge in [0.2, 0.25) is 0 Å². The minimum atomic E-state index is -4.00. The summed E-state index contributed by atoms with van der Waals surface area (Å²) >= 11 is 0. The van der Waals surface area contributed by atoms with Gasteiger partial charge in [-0.25, -0.2) is 0 Å². The molecule has 0 bridgehead atoms. The van der Waals surface area contributed by atoms with Crippen LogP contribution in [0, 0.1) is 0 Å². The molecule has 0 heterocycles. The summed E-state index contributed by atoms with van der Waals surface area (Å²) < 4.78 is 74.7. The molecular weight excluding hydrogens is 599 g/mol. The van der Waals surface area contributed by atoms with E-state index in [1.54, 1.807) is 0 Å². The second-order valence-electron chi connectivity index (χ2n) is 8.46. The smallest absolute Gasteiger partial charge is 0.327 e. The van der Waals surface area contributed by atoms with E-state index in [0.717, 1.165) is 0 Å². The highest BCUT2D eigenvalue weighted by Crippen LogP contribution is 2.33. The summed E-state index contributed by atoms with van der Waals surface area (Å²) in [5.41, 5.74) is 0. The molecule has 0 rings (SSSR count). The molecule has 0 saturated heterocycles. The lowest BCUT2D eigenvalue weighted by molar-refractivity contribution is -0.0285. The van der Waals surface area contributed by atoms with Crippen LogP contribution in [-0.4, -0.2) is 186 Å². The second-order valence-corrected chi connectivity index (χ2v) is 10.2. The predicted octanol–water partition coefficient (Wildman–Crippen LogP) is -0.644. The Bertz CT molecular complexity index is 571. The molecule has 0 aliphatic heterocycles. The molecule has 0 aromatic rings. The van der Waals surface area contributed by atoms with Crippen molar-refractivity contribution in [1.29, 1.82) is 0 Å². The fourth-order valence-electron chi connectivity index (χ4n) is 2.77. The fourth-order valence-corrected chi connectivity index (χ4v) is 3.14. The van der Waals surface area contributed by atoms with Crippen LogP contribution >= 0.6 is 7.60 Å². The Morgan fingerprint density at radius 3 is 0.628 bits per heavy atom. The lowest BCUT2D eigenvalue weighted by Crippen LogP contribution is -2.15. The average Bonchev–Trinajstić information content (AvgIpc) is 2.98. The highest BCUT2D eigenvalue weighted by atomic mass is 31.2. The van der Waals surface area contributed by atoms with Gasteiger partial charge in [0.05, 0.1) is 171 Å². The van der Waals surface area contributed by atoms with Gasteiger partial charge in [0.15, 0.2) is 0 Å². The first kappa shape index (κ1) is 42.6. The van der Waals surface area contributed by atoms with Crippen LogP contribution in [0.5, 0.6) is 0 Å². The lowest BCUT2D eigenvalue weighted by Gasteiger charge is -2.09. The lowest BCUT2D eigenvalue weighted by atomic mass is 10.6. The van der Waals surface area contributed by atoms with Gasteiger partial charge in [-0.15, -0.1) is 0 Å². The molecule has 0 aliphatic rings. The summed E-state index contributed by atoms with van der Waals surface area (Å²) in [7, 11) is -4.00. The molecule has 0 unspecified atom stereocenters. The van der Waals surface area contributed by atoms with Crippen LogP contribution in [0.1, 0.15) is 0 Å². The van der Waals surface area contributed by atoms with E-state index in [1.165, 1.54) is 0 Å². The third-order valence-electron chi connectivity index (χ3n) is 4.85. The van der Waals surface area contributed by atoms with E-state index in [2.05, 4.69) is 0 Å². The number of hydrogen-bond acceptors (Lipinski definition) is 14. The third kappa shape index (κ3) is 41.6. The molecular formula is C26H55O16P. The van der Waals surface area contributed by atoms with E-state index < -0.39 is 7.60 Å². The van der Waals surface area contributed by atoms with Gasteiger partial charge in [-0.05, 0) is 0 Å². The van der Waals surface area contributed by atoms with Crippen molar-refractivity contribution >= 4 is 7.60 Å². The van der Waals surface area contributed by atoms with E-state index >= 15 is 0 Å². The Kier molecular flexibility index (Phi) is 35.8. The number of aliphatic hydroxyl groups is 1. The van der Waals surface area contributed by atoms with E-state index in [9.17, 15) is 4.57 Å². The molecule has 0 atom stereocenters. The third-order valence-corrected chi connectivity index (χ3v) is 5.62. The van der Waals surface area contributed by atoms with Crippen molar-refractivity contribution in [2.45, 2.75) is 0 Å². The molecule has 0 aromatic heterocycles. The SMILES string of the molecule is O=P(O)(O)CCOCCOCCOCCOCCOCCOCCOCCOCCOCCOCCOCCOCCO. The van der Waals surface area contributed by atoms with Crippen LogP contribution in [0.25, 0.3) is 0 Å². The van der Waals surface area contributed by atoms with Crippen molar-refractivity contribution in [1.82, 2.24) is 0 Å². The van der Waals surface area contributed by atoms with Crippen molar-refractivity contribution < 1.29 is 76.3 Å². The first-order valence-electron chi connectivity index (χ1n) is 14.6. The molecule has 0 amide bonds. The summed E-state index contributed by atoms with van der Waals surface area (Å²) in [4.78, 5) is 17.4. The maximum absolute atomic E-state index is 10.6. The molecule has 0 aliphatic carbocycles. The summed E-state index contributed by atoms with van der Waals surface area (Å²) in [6.07, 6.45) is -0.288. The number of aliphatic hydroxyl groups excluding tert-OH is 1. The number of ether oxygens (including phenoxy) is 12. The number of hydrogen-bond donors (Lipinski definition) is 3. The van der Waals surface area contributed by atoms with Crippen LogP contribution in [0.2, 0.25) is 0 Å². The zero-order valence-electron chi connectivity index (χ0n) is 25.5. The van der Waals surface area contributed by atoms with Crippen molar-refractivity contribution in [2.24, 2.45) is 0 Å². The van der Waals surface area contributed by atoms with Crippen molar-refractivity contribution in [2.75, 3.05) is 171 Å². The summed E-state index contributed by atoms with van der Waals surface area (Å²) in [5.74, 6) is 0. The van der Waals surface area contributed by atoms with Crippen molar-refractivity contribution in [3.8, 4) is 0 Å². The van der Waals surface area contributed by atoms with Gasteiger partial charge in [-0.3, -0.25) is 4.57 Å². The predicted molar refractivity (Wildman–Crippen MR) is 154 cm³/mol. The molecule has 0 radical (unpaired) electrons. The Morgan fingerprint density at radius 1 is 0.302 bits per heavy atom. The Morgan fingerprint density at radius 2 is 0.465 bits per heavy atom. The highest BCUT2D eigenvalue weighted by molar-refractivity contribution is 7.51. The van der Waals surface area contributed by atoms with Gasteiger partial charge in [0.1, 0.15) is 0 Å². The molecule has 0 fully saturated rings. The molecule has 0 aromatic carbocycles. The standard InChI is InChI=1S/C26H55O16P/c27-1-2-31-3-4-32-5-6-33-7-8-34-9-10-35-11-12-36-13-14-37-15-16-38-17-18-39-19-20-40-21-22-41-23-24-42-25-26-43(28,29)30/h27H,1-26H2,(H2,28,29,30). The quantitative estimate of drug-likeness (QED) is 0.0563. The first-order chi connectivity index (χ1) is 21.1. The minimum Gasteiger partial charge on any atom is -0.394 e. The Balaban J connectivity index is 3.05. The molecule has 17 heteroatoms. The average molecular weight is 655 g/mol. The van der Waals surface area contributed by atoms with Crippen LogP contribution in [-0.2, 0) is 61.4 Å². The highest BCUT2D eigenvalue weighted by Gasteiger charge is 2.11. The molecule has 0 saturated carbocycles. The van der Waals surface area contributed by atoms with Crippen LogP contribution in [0.15, 0.2) is 0 Å². The van der Waals surface area contributed by atoms with Gasteiger partial charge in [-0.1, -0.05) is 0 Å². The Labute approximate surface area is 255 Å². The van der Waals surface area contributed by atoms with Gasteiger partial charge in [0.25, 0.3) is 0 Å². The summed E-state index contributed by atoms with van der Waals surface area (Å²) in [6, 6.07) is 0. The second kappa shape index (κ2) is 36.1. The van der Waals surface area contributed by atoms with Gasteiger partial charge >= 0.3 is 7.60 Å². The first-order valence-corrected chi connectivity index (χ1v) is 16.4. The monoisotopic (exact) mass is 654 g/mol. The molecule has 43 heavy (non-hydrogen) atoms. The van der Waals surface area contributed by atoms with E-state index in [1.807, 2.05) is 0 Å². The maximum atomic E-state index is 10.6. The fraction of sp³-hybridized carbons (Fsp3) is 1.00. The minimum absolute atomic E-state index is 0.00519. The van der Waals surface area contributed by atoms with Crippen molar-refractivity contribution in [3.05, 3.63) is 0 Å². The molecule has 16 nitrogen and oxygen atoms in total. The molecule has 0 spiro atoms. The van der Waals surface area contributed by atoms with Gasteiger partial charge < -0.3 is 71.7 Å². The van der Waals surface area contributed by atoms with E-state index in [-0.39, 0.29) is 26.0 Å². The zero-order chi connectivity index (χ0) is 31.4. The van der Waals surface area contributed by atoms with Crippen LogP contribution in [0.4, 0.5) is 0 Å². The van der Waals surface area contributed by atoms with Crippen LogP contribution in [0.3, 0.4) is 0 Å². The topological polar surface area (TPSA) is 189 Å². The largest absolute Gasteiger partial charge is 0.394 e.